The molecule has 1 aromatic carbocycles. The van der Waals surface area contributed by atoms with Gasteiger partial charge in [-0.2, -0.15) is 5.10 Å². The summed E-state index contributed by atoms with van der Waals surface area (Å²) in [6, 6.07) is 6.46. The van der Waals surface area contributed by atoms with Crippen LogP contribution < -0.4 is 5.43 Å². The molecule has 1 aromatic rings. The molecular weight excluding hydrogens is 282 g/mol. The lowest BCUT2D eigenvalue weighted by atomic mass is 9.73. The highest BCUT2D eigenvalue weighted by atomic mass is 16.6. The van der Waals surface area contributed by atoms with Crippen molar-refractivity contribution in [1.29, 1.82) is 0 Å². The fraction of sp³-hybridized carbons (Fsp3) is 0.500. The minimum Gasteiger partial charge on any atom is -0.273 e. The van der Waals surface area contributed by atoms with E-state index in [0.717, 1.165) is 12.8 Å². The first-order valence-electron chi connectivity index (χ1n) is 7.57. The predicted molar refractivity (Wildman–Crippen MR) is 83.1 cm³/mol. The van der Waals surface area contributed by atoms with E-state index in [1.807, 2.05) is 0 Å². The number of benzene rings is 1. The molecule has 2 rings (SSSR count). The molecule has 0 unspecified atom stereocenters. The second kappa shape index (κ2) is 7.15. The lowest BCUT2D eigenvalue weighted by Crippen LogP contribution is -2.29. The largest absolute Gasteiger partial charge is 0.325 e. The normalized spacial score (nSPS) is 17.3. The van der Waals surface area contributed by atoms with Crippen molar-refractivity contribution in [3.05, 3.63) is 34.7 Å². The summed E-state index contributed by atoms with van der Waals surface area (Å²) < 4.78 is 0. The Morgan fingerprint density at radius 1 is 1.36 bits per heavy atom. The number of rotatable bonds is 5. The van der Waals surface area contributed by atoms with Crippen LogP contribution in [0.1, 0.15) is 51.0 Å². The third-order valence-corrected chi connectivity index (χ3v) is 4.18. The first-order chi connectivity index (χ1) is 10.5. The SMILES string of the molecule is CC1(CC(=O)N/N=C/c2ccccc2[N+](=O)O)CCCCC1. The van der Waals surface area contributed by atoms with Gasteiger partial charge in [-0.05, 0) is 24.3 Å². The highest BCUT2D eigenvalue weighted by molar-refractivity contribution is 5.86. The Bertz CT molecular complexity index is 578. The minimum absolute atomic E-state index is 0.0622. The van der Waals surface area contributed by atoms with Crippen LogP contribution in [0.4, 0.5) is 5.69 Å². The van der Waals surface area contributed by atoms with Crippen molar-refractivity contribution in [2.24, 2.45) is 10.5 Å². The number of hydrogen-bond donors (Lipinski definition) is 2. The Hall–Kier alpha value is -2.24. The number of hydrazone groups is 1. The van der Waals surface area contributed by atoms with Gasteiger partial charge in [0, 0.05) is 12.5 Å². The molecule has 1 amide bonds. The summed E-state index contributed by atoms with van der Waals surface area (Å²) in [6.45, 7) is 2.14. The highest BCUT2D eigenvalue weighted by Crippen LogP contribution is 2.38. The van der Waals surface area contributed by atoms with E-state index < -0.39 is 0 Å². The average Bonchev–Trinajstić information content (AvgIpc) is 2.47. The van der Waals surface area contributed by atoms with Crippen LogP contribution in [0.2, 0.25) is 0 Å². The summed E-state index contributed by atoms with van der Waals surface area (Å²) in [5.74, 6) is -0.124. The summed E-state index contributed by atoms with van der Waals surface area (Å²) in [5, 5.41) is 12.9. The molecule has 0 aromatic heterocycles. The maximum Gasteiger partial charge on any atom is 0.325 e. The van der Waals surface area contributed by atoms with Crippen LogP contribution in [0.3, 0.4) is 0 Å². The van der Waals surface area contributed by atoms with E-state index in [0.29, 0.717) is 12.0 Å². The number of hydrogen-bond acceptors (Lipinski definition) is 3. The van der Waals surface area contributed by atoms with E-state index in [1.165, 1.54) is 31.5 Å². The van der Waals surface area contributed by atoms with Gasteiger partial charge in [0.05, 0.1) is 16.7 Å². The third kappa shape index (κ3) is 4.38. The van der Waals surface area contributed by atoms with Crippen LogP contribution in [0.25, 0.3) is 0 Å². The van der Waals surface area contributed by atoms with Crippen molar-refractivity contribution in [2.45, 2.75) is 45.4 Å². The van der Waals surface area contributed by atoms with Gasteiger partial charge in [-0.1, -0.05) is 38.3 Å². The van der Waals surface area contributed by atoms with Gasteiger partial charge in [0.2, 0.25) is 5.91 Å². The van der Waals surface area contributed by atoms with Gasteiger partial charge in [-0.25, -0.2) is 10.6 Å². The van der Waals surface area contributed by atoms with Gasteiger partial charge in [0.25, 0.3) is 4.92 Å². The maximum absolute atomic E-state index is 12.0. The number of carbonyl (C=O) groups is 1. The molecule has 6 nitrogen and oxygen atoms in total. The van der Waals surface area contributed by atoms with E-state index in [-0.39, 0.29) is 21.9 Å². The zero-order valence-electron chi connectivity index (χ0n) is 12.8. The van der Waals surface area contributed by atoms with Crippen LogP contribution in [0.15, 0.2) is 29.4 Å². The fourth-order valence-corrected chi connectivity index (χ4v) is 2.95. The van der Waals surface area contributed by atoms with E-state index >= 15 is 0 Å². The van der Waals surface area contributed by atoms with E-state index in [4.69, 9.17) is 5.21 Å². The second-order valence-electron chi connectivity index (χ2n) is 6.17. The lowest BCUT2D eigenvalue weighted by Gasteiger charge is -2.32. The molecule has 0 heterocycles. The summed E-state index contributed by atoms with van der Waals surface area (Å²) >= 11 is 0. The number of nitrogens with zero attached hydrogens (tertiary/aromatic N) is 2. The molecule has 1 aliphatic rings. The lowest BCUT2D eigenvalue weighted by molar-refractivity contribution is -0.729. The van der Waals surface area contributed by atoms with Crippen LogP contribution in [-0.4, -0.2) is 22.3 Å². The zero-order valence-corrected chi connectivity index (χ0v) is 12.8. The zero-order chi connectivity index (χ0) is 16.0. The Morgan fingerprint density at radius 3 is 2.73 bits per heavy atom. The minimum atomic E-state index is -0.216. The van der Waals surface area contributed by atoms with Crippen molar-refractivity contribution in [2.75, 3.05) is 0 Å². The van der Waals surface area contributed by atoms with Gasteiger partial charge in [-0.15, -0.1) is 0 Å². The summed E-state index contributed by atoms with van der Waals surface area (Å²) in [4.78, 5) is 22.8. The van der Waals surface area contributed by atoms with Gasteiger partial charge in [-0.3, -0.25) is 4.79 Å². The van der Waals surface area contributed by atoms with E-state index in [2.05, 4.69) is 17.5 Å². The Balaban J connectivity index is 1.92. The van der Waals surface area contributed by atoms with E-state index in [9.17, 15) is 9.70 Å². The van der Waals surface area contributed by atoms with Crippen LogP contribution in [0, 0.1) is 10.3 Å². The molecule has 1 aliphatic carbocycles. The van der Waals surface area contributed by atoms with Gasteiger partial charge >= 0.3 is 5.69 Å². The molecule has 2 N–H and O–H groups in total. The van der Waals surface area contributed by atoms with Crippen molar-refractivity contribution >= 4 is 17.8 Å². The van der Waals surface area contributed by atoms with Gasteiger partial charge < -0.3 is 0 Å². The van der Waals surface area contributed by atoms with Gasteiger partial charge in [0.15, 0.2) is 0 Å². The topological polar surface area (TPSA) is 81.8 Å². The van der Waals surface area contributed by atoms with Crippen molar-refractivity contribution in [3.8, 4) is 0 Å². The summed E-state index contributed by atoms with van der Waals surface area (Å²) in [6.07, 6.45) is 7.56. The number of nitrogens with one attached hydrogen (secondary N) is 1. The first kappa shape index (κ1) is 16.1. The van der Waals surface area contributed by atoms with Gasteiger partial charge in [0.1, 0.15) is 0 Å². The van der Waals surface area contributed by atoms with Crippen molar-refractivity contribution in [1.82, 2.24) is 5.43 Å². The molecule has 0 spiro atoms. The predicted octanol–water partition coefficient (Wildman–Crippen LogP) is 3.30. The molecule has 0 bridgehead atoms. The Labute approximate surface area is 129 Å². The number of carbonyl (C=O) groups excluding carboxylic acids is 1. The summed E-state index contributed by atoms with van der Waals surface area (Å²) in [7, 11) is 0. The monoisotopic (exact) mass is 304 g/mol. The van der Waals surface area contributed by atoms with E-state index in [1.54, 1.807) is 18.2 Å². The Morgan fingerprint density at radius 2 is 2.05 bits per heavy atom. The standard InChI is InChI=1S/C16H21N3O3/c1-16(9-5-2-6-10-16)11-15(20)18-17-12-13-7-3-4-8-14(13)19(21)22/h3-4,7-8,12H,2,5-6,9-11H2,1H3,(H-,18,20,21,22)/p+1/b17-12+. The molecule has 1 fully saturated rings. The second-order valence-corrected chi connectivity index (χ2v) is 6.17. The van der Waals surface area contributed by atoms with Crippen molar-refractivity contribution < 1.29 is 14.9 Å². The molecule has 0 radical (unpaired) electrons. The molecule has 0 aliphatic heterocycles. The molecule has 22 heavy (non-hydrogen) atoms. The summed E-state index contributed by atoms with van der Waals surface area (Å²) in [5.41, 5.74) is 3.08. The molecule has 6 heteroatoms. The maximum atomic E-state index is 12.0. The molecule has 0 atom stereocenters. The Kier molecular flexibility index (Phi) is 5.25. The molecule has 1 saturated carbocycles. The van der Waals surface area contributed by atoms with Crippen LogP contribution in [0.5, 0.6) is 0 Å². The number of para-hydroxylation sites is 1. The molecule has 0 saturated heterocycles. The quantitative estimate of drug-likeness (QED) is 0.647. The molecule has 118 valence electrons. The molecular formula is C16H22N3O3+. The first-order valence-corrected chi connectivity index (χ1v) is 7.57. The highest BCUT2D eigenvalue weighted by Gasteiger charge is 2.29. The smallest absolute Gasteiger partial charge is 0.273 e. The van der Waals surface area contributed by atoms with Crippen LogP contribution in [-0.2, 0) is 4.79 Å². The third-order valence-electron chi connectivity index (χ3n) is 4.18. The van der Waals surface area contributed by atoms with Crippen molar-refractivity contribution in [3.63, 3.8) is 0 Å². The average molecular weight is 304 g/mol. The fourth-order valence-electron chi connectivity index (χ4n) is 2.95. The van der Waals surface area contributed by atoms with Crippen LogP contribution >= 0.6 is 0 Å². The number of amides is 1.